The molecule has 1 fully saturated rings. The van der Waals surface area contributed by atoms with E-state index in [2.05, 4.69) is 39.8 Å². The fourth-order valence-corrected chi connectivity index (χ4v) is 2.78. The minimum atomic E-state index is 0.610. The zero-order valence-corrected chi connectivity index (χ0v) is 13.9. The van der Waals surface area contributed by atoms with Crippen molar-refractivity contribution in [3.8, 4) is 0 Å². The van der Waals surface area contributed by atoms with E-state index in [-0.39, 0.29) is 0 Å². The minimum Gasteiger partial charge on any atom is -0.354 e. The van der Waals surface area contributed by atoms with Gasteiger partial charge in [0.15, 0.2) is 5.65 Å². The third-order valence-corrected chi connectivity index (χ3v) is 4.24. The lowest BCUT2D eigenvalue weighted by molar-refractivity contribution is 0.863. The lowest BCUT2D eigenvalue weighted by Gasteiger charge is -2.10. The summed E-state index contributed by atoms with van der Waals surface area (Å²) in [6.45, 7) is 3.71. The van der Waals surface area contributed by atoms with Gasteiger partial charge in [-0.2, -0.15) is 19.6 Å². The molecule has 24 heavy (non-hydrogen) atoms. The van der Waals surface area contributed by atoms with Crippen LogP contribution in [0, 0.1) is 0 Å². The first-order valence-electron chi connectivity index (χ1n) is 8.62. The highest BCUT2D eigenvalue weighted by molar-refractivity contribution is 5.56. The van der Waals surface area contributed by atoms with Gasteiger partial charge in [-0.3, -0.25) is 0 Å². The fraction of sp³-hybridized carbons (Fsp3) is 0.389. The Bertz CT molecular complexity index is 822. The van der Waals surface area contributed by atoms with Gasteiger partial charge in [-0.15, -0.1) is 0 Å². The quantitative estimate of drug-likeness (QED) is 0.697. The molecule has 124 valence electrons. The Morgan fingerprint density at radius 1 is 1.12 bits per heavy atom. The molecule has 0 aliphatic heterocycles. The van der Waals surface area contributed by atoms with E-state index < -0.39 is 0 Å². The third-order valence-electron chi connectivity index (χ3n) is 4.24. The number of anilines is 2. The fourth-order valence-electron chi connectivity index (χ4n) is 2.78. The van der Waals surface area contributed by atoms with E-state index in [1.54, 1.807) is 0 Å². The maximum absolute atomic E-state index is 4.72. The molecular formula is C18H22N6. The van der Waals surface area contributed by atoms with Crippen molar-refractivity contribution in [2.45, 2.75) is 38.6 Å². The molecule has 2 heterocycles. The molecule has 4 rings (SSSR count). The first-order valence-corrected chi connectivity index (χ1v) is 8.62. The van der Waals surface area contributed by atoms with E-state index >= 15 is 0 Å². The van der Waals surface area contributed by atoms with Crippen LogP contribution in [0.5, 0.6) is 0 Å². The van der Waals surface area contributed by atoms with Crippen LogP contribution in [0.2, 0.25) is 0 Å². The second-order valence-corrected chi connectivity index (χ2v) is 6.25. The Balaban J connectivity index is 1.65. The molecule has 1 aromatic carbocycles. The summed E-state index contributed by atoms with van der Waals surface area (Å²) < 4.78 is 1.83. The maximum atomic E-state index is 4.72. The summed E-state index contributed by atoms with van der Waals surface area (Å²) in [6, 6.07) is 10.3. The summed E-state index contributed by atoms with van der Waals surface area (Å²) in [5.41, 5.74) is 3.36. The van der Waals surface area contributed by atoms with Crippen LogP contribution in [0.4, 0.5) is 11.9 Å². The van der Waals surface area contributed by atoms with E-state index in [1.165, 1.54) is 24.0 Å². The SMILES string of the molecule is CCCNc1nc(NCc2ccccc2)nc2c(C3CC3)cnn12. The summed E-state index contributed by atoms with van der Waals surface area (Å²) in [5, 5.41) is 11.2. The number of nitrogens with one attached hydrogen (secondary N) is 2. The van der Waals surface area contributed by atoms with E-state index in [0.717, 1.165) is 24.6 Å². The van der Waals surface area contributed by atoms with Gasteiger partial charge in [0.25, 0.3) is 0 Å². The van der Waals surface area contributed by atoms with Gasteiger partial charge < -0.3 is 10.6 Å². The summed E-state index contributed by atoms with van der Waals surface area (Å²) >= 11 is 0. The van der Waals surface area contributed by atoms with Crippen LogP contribution >= 0.6 is 0 Å². The Morgan fingerprint density at radius 3 is 2.71 bits per heavy atom. The molecule has 0 radical (unpaired) electrons. The van der Waals surface area contributed by atoms with Crippen LogP contribution in [-0.4, -0.2) is 26.1 Å². The van der Waals surface area contributed by atoms with Crippen LogP contribution in [0.1, 0.15) is 43.2 Å². The van der Waals surface area contributed by atoms with E-state index in [4.69, 9.17) is 4.98 Å². The molecule has 3 aromatic rings. The Kier molecular flexibility index (Phi) is 4.02. The van der Waals surface area contributed by atoms with Crippen molar-refractivity contribution in [1.29, 1.82) is 0 Å². The molecule has 6 heteroatoms. The van der Waals surface area contributed by atoms with E-state index in [0.29, 0.717) is 18.4 Å². The van der Waals surface area contributed by atoms with Crippen molar-refractivity contribution in [2.75, 3.05) is 17.2 Å². The van der Waals surface area contributed by atoms with Gasteiger partial charge in [0, 0.05) is 18.7 Å². The monoisotopic (exact) mass is 322 g/mol. The van der Waals surface area contributed by atoms with Gasteiger partial charge in [-0.1, -0.05) is 37.3 Å². The predicted octanol–water partition coefficient (Wildman–Crippen LogP) is 3.44. The largest absolute Gasteiger partial charge is 0.354 e. The van der Waals surface area contributed by atoms with Crippen LogP contribution in [-0.2, 0) is 6.54 Å². The molecule has 2 aromatic heterocycles. The molecule has 1 aliphatic carbocycles. The highest BCUT2D eigenvalue weighted by Gasteiger charge is 2.28. The number of rotatable bonds is 7. The van der Waals surface area contributed by atoms with Gasteiger partial charge in [-0.05, 0) is 30.7 Å². The lowest BCUT2D eigenvalue weighted by atomic mass is 10.2. The van der Waals surface area contributed by atoms with Crippen molar-refractivity contribution in [3.63, 3.8) is 0 Å². The molecule has 2 N–H and O–H groups in total. The van der Waals surface area contributed by atoms with E-state index in [9.17, 15) is 0 Å². The van der Waals surface area contributed by atoms with Crippen molar-refractivity contribution in [1.82, 2.24) is 19.6 Å². The second kappa shape index (κ2) is 6.47. The number of fused-ring (bicyclic) bond motifs is 1. The molecule has 0 unspecified atom stereocenters. The highest BCUT2D eigenvalue weighted by atomic mass is 15.4. The van der Waals surface area contributed by atoms with Gasteiger partial charge in [-0.25, -0.2) is 0 Å². The zero-order chi connectivity index (χ0) is 16.4. The normalized spacial score (nSPS) is 14.0. The van der Waals surface area contributed by atoms with Gasteiger partial charge >= 0.3 is 0 Å². The molecule has 0 saturated heterocycles. The van der Waals surface area contributed by atoms with Crippen molar-refractivity contribution in [2.24, 2.45) is 0 Å². The first kappa shape index (κ1) is 14.9. The van der Waals surface area contributed by atoms with Gasteiger partial charge in [0.1, 0.15) is 0 Å². The first-order chi connectivity index (χ1) is 11.8. The van der Waals surface area contributed by atoms with Gasteiger partial charge in [0.05, 0.1) is 6.20 Å². The van der Waals surface area contributed by atoms with Crippen molar-refractivity contribution >= 4 is 17.5 Å². The average molecular weight is 322 g/mol. The van der Waals surface area contributed by atoms with Crippen molar-refractivity contribution in [3.05, 3.63) is 47.7 Å². The van der Waals surface area contributed by atoms with Crippen LogP contribution < -0.4 is 10.6 Å². The number of hydrogen-bond donors (Lipinski definition) is 2. The topological polar surface area (TPSA) is 67.1 Å². The van der Waals surface area contributed by atoms with Crippen LogP contribution in [0.25, 0.3) is 5.65 Å². The minimum absolute atomic E-state index is 0.610. The second-order valence-electron chi connectivity index (χ2n) is 6.25. The number of hydrogen-bond acceptors (Lipinski definition) is 5. The molecule has 1 aliphatic rings. The molecule has 0 atom stereocenters. The number of nitrogens with zero attached hydrogens (tertiary/aromatic N) is 4. The third kappa shape index (κ3) is 3.04. The summed E-state index contributed by atoms with van der Waals surface area (Å²) in [4.78, 5) is 9.33. The smallest absolute Gasteiger partial charge is 0.229 e. The molecule has 0 spiro atoms. The molecule has 1 saturated carbocycles. The molecule has 0 bridgehead atoms. The zero-order valence-electron chi connectivity index (χ0n) is 13.9. The molecule has 0 amide bonds. The summed E-state index contributed by atoms with van der Waals surface area (Å²) in [5.74, 6) is 2.01. The van der Waals surface area contributed by atoms with Crippen LogP contribution in [0.3, 0.4) is 0 Å². The summed E-state index contributed by atoms with van der Waals surface area (Å²) in [6.07, 6.45) is 5.44. The highest BCUT2D eigenvalue weighted by Crippen LogP contribution is 2.41. The number of benzene rings is 1. The molecule has 6 nitrogen and oxygen atoms in total. The Labute approximate surface area is 141 Å². The standard InChI is InChI=1S/C18H22N6/c1-2-10-19-18-23-17(20-11-13-6-4-3-5-7-13)22-16-15(14-8-9-14)12-21-24(16)18/h3-7,12,14H,2,8-11H2,1H3,(H2,19,20,22,23). The molecular weight excluding hydrogens is 300 g/mol. The van der Waals surface area contributed by atoms with Crippen molar-refractivity contribution < 1.29 is 0 Å². The Morgan fingerprint density at radius 2 is 1.96 bits per heavy atom. The predicted molar refractivity (Wildman–Crippen MR) is 95.3 cm³/mol. The number of aromatic nitrogens is 4. The van der Waals surface area contributed by atoms with Crippen LogP contribution in [0.15, 0.2) is 36.5 Å². The average Bonchev–Trinajstić information content (AvgIpc) is 3.38. The van der Waals surface area contributed by atoms with Gasteiger partial charge in [0.2, 0.25) is 11.9 Å². The Hall–Kier alpha value is -2.63. The summed E-state index contributed by atoms with van der Waals surface area (Å²) in [7, 11) is 0. The lowest BCUT2D eigenvalue weighted by Crippen LogP contribution is -2.12. The van der Waals surface area contributed by atoms with E-state index in [1.807, 2.05) is 28.9 Å². The maximum Gasteiger partial charge on any atom is 0.229 e.